The molecule has 1 saturated heterocycles. The number of rotatable bonds is 6. The van der Waals surface area contributed by atoms with E-state index in [2.05, 4.69) is 31.0 Å². The van der Waals surface area contributed by atoms with Gasteiger partial charge in [0.1, 0.15) is 9.84 Å². The van der Waals surface area contributed by atoms with E-state index in [0.717, 1.165) is 26.1 Å². The Balaban J connectivity index is 2.46. The molecule has 5 heteroatoms. The Morgan fingerprint density at radius 3 is 2.61 bits per heavy atom. The summed E-state index contributed by atoms with van der Waals surface area (Å²) in [6, 6.07) is 1.04. The minimum absolute atomic E-state index is 0.262. The first kappa shape index (κ1) is 15.9. The quantitative estimate of drug-likeness (QED) is 0.790. The highest BCUT2D eigenvalue weighted by molar-refractivity contribution is 7.91. The Morgan fingerprint density at radius 2 is 2.06 bits per heavy atom. The summed E-state index contributed by atoms with van der Waals surface area (Å²) < 4.78 is 23.0. The van der Waals surface area contributed by atoms with Crippen molar-refractivity contribution in [3.05, 3.63) is 0 Å². The molecule has 0 amide bonds. The number of hydrogen-bond acceptors (Lipinski definition) is 4. The maximum absolute atomic E-state index is 11.5. The van der Waals surface area contributed by atoms with Crippen molar-refractivity contribution in [2.75, 3.05) is 31.1 Å². The summed E-state index contributed by atoms with van der Waals surface area (Å²) >= 11 is 0. The zero-order valence-electron chi connectivity index (χ0n) is 12.1. The van der Waals surface area contributed by atoms with Gasteiger partial charge in [0.15, 0.2) is 0 Å². The molecule has 0 aromatic rings. The SMILES string of the molecule is CCS(=O)(=O)CCCN1CC(C)NCC1C(C)C. The molecule has 1 heterocycles. The standard InChI is InChI=1S/C13H28N2O2S/c1-5-18(16,17)8-6-7-15-10-12(4)14-9-13(15)11(2)3/h11-14H,5-10H2,1-4H3. The van der Waals surface area contributed by atoms with Crippen LogP contribution in [-0.4, -0.2) is 56.5 Å². The van der Waals surface area contributed by atoms with Crippen LogP contribution in [0.1, 0.15) is 34.1 Å². The Kier molecular flexibility index (Phi) is 6.08. The lowest BCUT2D eigenvalue weighted by Crippen LogP contribution is -2.57. The molecule has 0 spiro atoms. The summed E-state index contributed by atoms with van der Waals surface area (Å²) in [7, 11) is -2.81. The average molecular weight is 276 g/mol. The molecule has 0 saturated carbocycles. The zero-order valence-corrected chi connectivity index (χ0v) is 13.0. The van der Waals surface area contributed by atoms with Crippen LogP contribution in [0, 0.1) is 5.92 Å². The van der Waals surface area contributed by atoms with Crippen LogP contribution in [0.25, 0.3) is 0 Å². The summed E-state index contributed by atoms with van der Waals surface area (Å²) in [5.41, 5.74) is 0. The lowest BCUT2D eigenvalue weighted by atomic mass is 9.98. The Hall–Kier alpha value is -0.130. The van der Waals surface area contributed by atoms with Crippen molar-refractivity contribution < 1.29 is 8.42 Å². The molecule has 0 bridgehead atoms. The Labute approximate surface area is 112 Å². The van der Waals surface area contributed by atoms with Crippen LogP contribution in [0.5, 0.6) is 0 Å². The summed E-state index contributed by atoms with van der Waals surface area (Å²) in [5, 5.41) is 3.50. The summed E-state index contributed by atoms with van der Waals surface area (Å²) in [4.78, 5) is 2.46. The third-order valence-electron chi connectivity index (χ3n) is 3.76. The average Bonchev–Trinajstić information content (AvgIpc) is 2.28. The van der Waals surface area contributed by atoms with Crippen molar-refractivity contribution in [2.45, 2.75) is 46.2 Å². The lowest BCUT2D eigenvalue weighted by molar-refractivity contribution is 0.103. The third-order valence-corrected chi connectivity index (χ3v) is 5.55. The van der Waals surface area contributed by atoms with E-state index in [1.165, 1.54) is 0 Å². The van der Waals surface area contributed by atoms with Crippen molar-refractivity contribution in [2.24, 2.45) is 5.92 Å². The topological polar surface area (TPSA) is 49.4 Å². The second-order valence-corrected chi connectivity index (χ2v) is 8.18. The molecule has 2 unspecified atom stereocenters. The number of piperazine rings is 1. The minimum atomic E-state index is -2.81. The van der Waals surface area contributed by atoms with Crippen LogP contribution >= 0.6 is 0 Å². The molecular formula is C13H28N2O2S. The summed E-state index contributed by atoms with van der Waals surface area (Å²) in [6.45, 7) is 11.3. The van der Waals surface area contributed by atoms with Gasteiger partial charge in [0.2, 0.25) is 0 Å². The normalized spacial score (nSPS) is 26.7. The second kappa shape index (κ2) is 6.87. The highest BCUT2D eigenvalue weighted by Crippen LogP contribution is 2.15. The van der Waals surface area contributed by atoms with Crippen LogP contribution in [0.15, 0.2) is 0 Å². The fourth-order valence-electron chi connectivity index (χ4n) is 2.55. The maximum atomic E-state index is 11.5. The highest BCUT2D eigenvalue weighted by atomic mass is 32.2. The first-order valence-corrected chi connectivity index (χ1v) is 8.85. The van der Waals surface area contributed by atoms with Gasteiger partial charge in [0.05, 0.1) is 5.75 Å². The molecule has 1 N–H and O–H groups in total. The molecule has 18 heavy (non-hydrogen) atoms. The minimum Gasteiger partial charge on any atom is -0.311 e. The fourth-order valence-corrected chi connectivity index (χ4v) is 3.41. The molecule has 0 radical (unpaired) electrons. The first-order valence-electron chi connectivity index (χ1n) is 7.03. The van der Waals surface area contributed by atoms with E-state index in [0.29, 0.717) is 23.8 Å². The van der Waals surface area contributed by atoms with Gasteiger partial charge in [-0.25, -0.2) is 8.42 Å². The monoisotopic (exact) mass is 276 g/mol. The number of nitrogens with one attached hydrogen (secondary N) is 1. The molecule has 4 nitrogen and oxygen atoms in total. The number of sulfone groups is 1. The molecule has 1 rings (SSSR count). The largest absolute Gasteiger partial charge is 0.311 e. The van der Waals surface area contributed by atoms with Gasteiger partial charge >= 0.3 is 0 Å². The highest BCUT2D eigenvalue weighted by Gasteiger charge is 2.27. The van der Waals surface area contributed by atoms with Crippen molar-refractivity contribution >= 4 is 9.84 Å². The van der Waals surface area contributed by atoms with Crippen LogP contribution < -0.4 is 5.32 Å². The Bertz CT molecular complexity index is 341. The van der Waals surface area contributed by atoms with Gasteiger partial charge in [-0.2, -0.15) is 0 Å². The van der Waals surface area contributed by atoms with Gasteiger partial charge < -0.3 is 5.32 Å². The van der Waals surface area contributed by atoms with Gasteiger partial charge in [0.25, 0.3) is 0 Å². The van der Waals surface area contributed by atoms with Crippen molar-refractivity contribution in [1.82, 2.24) is 10.2 Å². The summed E-state index contributed by atoms with van der Waals surface area (Å²) in [6.07, 6.45) is 0.756. The molecule has 1 aliphatic rings. The van der Waals surface area contributed by atoms with Crippen LogP contribution in [0.2, 0.25) is 0 Å². The van der Waals surface area contributed by atoms with Gasteiger partial charge in [-0.1, -0.05) is 20.8 Å². The predicted octanol–water partition coefficient (Wildman–Crippen LogP) is 1.13. The molecule has 0 aromatic heterocycles. The number of nitrogens with zero attached hydrogens (tertiary/aromatic N) is 1. The van der Waals surface area contributed by atoms with E-state index in [1.54, 1.807) is 6.92 Å². The predicted molar refractivity (Wildman–Crippen MR) is 76.6 cm³/mol. The van der Waals surface area contributed by atoms with E-state index in [-0.39, 0.29) is 5.75 Å². The van der Waals surface area contributed by atoms with E-state index < -0.39 is 9.84 Å². The van der Waals surface area contributed by atoms with E-state index >= 15 is 0 Å². The van der Waals surface area contributed by atoms with Gasteiger partial charge in [0, 0.05) is 30.9 Å². The zero-order chi connectivity index (χ0) is 13.8. The molecule has 2 atom stereocenters. The molecule has 1 aliphatic heterocycles. The molecular weight excluding hydrogens is 248 g/mol. The molecule has 1 fully saturated rings. The first-order chi connectivity index (χ1) is 8.35. The molecule has 108 valence electrons. The maximum Gasteiger partial charge on any atom is 0.150 e. The van der Waals surface area contributed by atoms with E-state index in [1.807, 2.05) is 0 Å². The third kappa shape index (κ3) is 4.86. The van der Waals surface area contributed by atoms with Crippen LogP contribution in [0.3, 0.4) is 0 Å². The Morgan fingerprint density at radius 1 is 1.39 bits per heavy atom. The fraction of sp³-hybridized carbons (Fsp3) is 1.00. The van der Waals surface area contributed by atoms with Crippen molar-refractivity contribution in [1.29, 1.82) is 0 Å². The van der Waals surface area contributed by atoms with E-state index in [4.69, 9.17) is 0 Å². The van der Waals surface area contributed by atoms with Gasteiger partial charge in [-0.05, 0) is 25.8 Å². The van der Waals surface area contributed by atoms with Gasteiger partial charge in [-0.15, -0.1) is 0 Å². The molecule has 0 aromatic carbocycles. The number of hydrogen-bond donors (Lipinski definition) is 1. The van der Waals surface area contributed by atoms with E-state index in [9.17, 15) is 8.42 Å². The smallest absolute Gasteiger partial charge is 0.150 e. The van der Waals surface area contributed by atoms with Gasteiger partial charge in [-0.3, -0.25) is 4.90 Å². The second-order valence-electron chi connectivity index (χ2n) is 5.71. The lowest BCUT2D eigenvalue weighted by Gasteiger charge is -2.41. The molecule has 0 aliphatic carbocycles. The van der Waals surface area contributed by atoms with Crippen LogP contribution in [0.4, 0.5) is 0 Å². The van der Waals surface area contributed by atoms with Crippen LogP contribution in [-0.2, 0) is 9.84 Å². The van der Waals surface area contributed by atoms with Crippen molar-refractivity contribution in [3.63, 3.8) is 0 Å². The summed E-state index contributed by atoms with van der Waals surface area (Å²) in [5.74, 6) is 1.19. The van der Waals surface area contributed by atoms with Crippen molar-refractivity contribution in [3.8, 4) is 0 Å².